The van der Waals surface area contributed by atoms with Gasteiger partial charge in [-0.3, -0.25) is 0 Å². The maximum atomic E-state index is 6.57. The highest BCUT2D eigenvalue weighted by Gasteiger charge is 2.23. The van der Waals surface area contributed by atoms with E-state index in [-0.39, 0.29) is 6.17 Å². The summed E-state index contributed by atoms with van der Waals surface area (Å²) < 4.78 is 3.96. The zero-order valence-corrected chi connectivity index (χ0v) is 14.6. The third kappa shape index (κ3) is 2.30. The van der Waals surface area contributed by atoms with Crippen molar-refractivity contribution in [1.82, 2.24) is 19.6 Å². The number of fused-ring (bicyclic) bond motifs is 2. The van der Waals surface area contributed by atoms with Gasteiger partial charge < -0.3 is 0 Å². The molecule has 0 saturated heterocycles. The first kappa shape index (κ1) is 15.2. The monoisotopic (exact) mass is 358 g/mol. The Balaban J connectivity index is 1.83. The molecule has 2 aromatic heterocycles. The van der Waals surface area contributed by atoms with E-state index in [1.807, 2.05) is 70.3 Å². The van der Waals surface area contributed by atoms with Crippen LogP contribution in [0.15, 0.2) is 85.2 Å². The maximum Gasteiger partial charge on any atom is 0.171 e. The number of hydrogen-bond donors (Lipinski definition) is 0. The molecule has 0 aliphatic rings. The first-order valence-corrected chi connectivity index (χ1v) is 8.80. The third-order valence-corrected chi connectivity index (χ3v) is 5.00. The van der Waals surface area contributed by atoms with Gasteiger partial charge in [0, 0.05) is 21.4 Å². The van der Waals surface area contributed by atoms with Crippen molar-refractivity contribution in [3.8, 4) is 0 Å². The van der Waals surface area contributed by atoms with Crippen LogP contribution in [-0.4, -0.2) is 19.6 Å². The Labute approximate surface area is 155 Å². The molecule has 0 radical (unpaired) electrons. The Hall–Kier alpha value is -3.11. The van der Waals surface area contributed by atoms with Gasteiger partial charge in [0.05, 0.1) is 23.4 Å². The molecule has 0 unspecified atom stereocenters. The van der Waals surface area contributed by atoms with E-state index < -0.39 is 0 Å². The van der Waals surface area contributed by atoms with E-state index in [9.17, 15) is 0 Å². The van der Waals surface area contributed by atoms with Crippen molar-refractivity contribution in [3.63, 3.8) is 0 Å². The smallest absolute Gasteiger partial charge is 0.171 e. The third-order valence-electron chi connectivity index (χ3n) is 4.66. The van der Waals surface area contributed by atoms with Crippen LogP contribution in [0.1, 0.15) is 11.7 Å². The van der Waals surface area contributed by atoms with Crippen LogP contribution >= 0.6 is 11.6 Å². The molecule has 2 heterocycles. The zero-order valence-electron chi connectivity index (χ0n) is 13.8. The average Bonchev–Trinajstić information content (AvgIpc) is 3.29. The highest BCUT2D eigenvalue weighted by Crippen LogP contribution is 2.31. The second kappa shape index (κ2) is 6.00. The molecule has 0 amide bonds. The van der Waals surface area contributed by atoms with Gasteiger partial charge in [0.1, 0.15) is 0 Å². The second-order valence-electron chi connectivity index (χ2n) is 6.19. The summed E-state index contributed by atoms with van der Waals surface area (Å²) in [6.45, 7) is 0. The van der Waals surface area contributed by atoms with Gasteiger partial charge >= 0.3 is 0 Å². The molecule has 0 bridgehead atoms. The van der Waals surface area contributed by atoms with Gasteiger partial charge in [-0.25, -0.2) is 9.36 Å². The second-order valence-corrected chi connectivity index (χ2v) is 6.60. The molecule has 5 rings (SSSR count). The summed E-state index contributed by atoms with van der Waals surface area (Å²) in [5.41, 5.74) is 3.03. The largest absolute Gasteiger partial charge is 0.236 e. The number of aromatic nitrogens is 4. The average molecular weight is 359 g/mol. The van der Waals surface area contributed by atoms with Crippen LogP contribution in [0, 0.1) is 0 Å². The first-order chi connectivity index (χ1) is 12.8. The summed E-state index contributed by atoms with van der Waals surface area (Å²) in [6, 6.07) is 24.2. The molecule has 0 atom stereocenters. The predicted octanol–water partition coefficient (Wildman–Crippen LogP) is 5.13. The lowest BCUT2D eigenvalue weighted by Crippen LogP contribution is -2.22. The van der Waals surface area contributed by atoms with E-state index in [0.29, 0.717) is 5.02 Å². The number of nitrogens with zero attached hydrogens (tertiary/aromatic N) is 4. The van der Waals surface area contributed by atoms with Crippen molar-refractivity contribution in [2.24, 2.45) is 0 Å². The molecule has 3 aromatic carbocycles. The topological polar surface area (TPSA) is 35.6 Å². The summed E-state index contributed by atoms with van der Waals surface area (Å²) in [6.07, 6.45) is 3.49. The van der Waals surface area contributed by atoms with Gasteiger partial charge in [0.15, 0.2) is 6.17 Å². The molecule has 0 fully saturated rings. The van der Waals surface area contributed by atoms with Gasteiger partial charge in [-0.2, -0.15) is 10.2 Å². The summed E-state index contributed by atoms with van der Waals surface area (Å²) in [5.74, 6) is 0. The van der Waals surface area contributed by atoms with Crippen molar-refractivity contribution in [1.29, 1.82) is 0 Å². The predicted molar refractivity (Wildman–Crippen MR) is 104 cm³/mol. The van der Waals surface area contributed by atoms with Crippen molar-refractivity contribution >= 4 is 33.4 Å². The van der Waals surface area contributed by atoms with Gasteiger partial charge in [-0.15, -0.1) is 0 Å². The Morgan fingerprint density at radius 2 is 1.15 bits per heavy atom. The minimum atomic E-state index is -0.275. The molecular formula is C21H15ClN4. The van der Waals surface area contributed by atoms with Crippen LogP contribution in [-0.2, 0) is 0 Å². The fourth-order valence-corrected chi connectivity index (χ4v) is 3.66. The minimum Gasteiger partial charge on any atom is -0.236 e. The van der Waals surface area contributed by atoms with Gasteiger partial charge in [-0.05, 0) is 18.2 Å². The number of benzene rings is 3. The Morgan fingerprint density at radius 1 is 0.654 bits per heavy atom. The molecule has 26 heavy (non-hydrogen) atoms. The Bertz CT molecular complexity index is 1150. The lowest BCUT2D eigenvalue weighted by Gasteiger charge is -2.22. The van der Waals surface area contributed by atoms with E-state index in [1.165, 1.54) is 0 Å². The molecule has 5 heteroatoms. The number of halogens is 1. The zero-order chi connectivity index (χ0) is 17.5. The van der Waals surface area contributed by atoms with Crippen LogP contribution in [0.3, 0.4) is 0 Å². The van der Waals surface area contributed by atoms with Crippen LogP contribution in [0.25, 0.3) is 21.8 Å². The quantitative estimate of drug-likeness (QED) is 0.448. The van der Waals surface area contributed by atoms with Crippen LogP contribution in [0.4, 0.5) is 0 Å². The summed E-state index contributed by atoms with van der Waals surface area (Å²) in [7, 11) is 0. The van der Waals surface area contributed by atoms with Crippen LogP contribution in [0.5, 0.6) is 0 Å². The summed E-state index contributed by atoms with van der Waals surface area (Å²) in [4.78, 5) is 0. The van der Waals surface area contributed by atoms with E-state index in [2.05, 4.69) is 34.5 Å². The fourth-order valence-electron chi connectivity index (χ4n) is 3.43. The number of hydrogen-bond acceptors (Lipinski definition) is 2. The number of para-hydroxylation sites is 2. The summed E-state index contributed by atoms with van der Waals surface area (Å²) in [5, 5.41) is 12.2. The van der Waals surface area contributed by atoms with Crippen LogP contribution < -0.4 is 0 Å². The molecule has 0 spiro atoms. The molecular weight excluding hydrogens is 344 g/mol. The number of rotatable bonds is 3. The Morgan fingerprint density at radius 3 is 1.73 bits per heavy atom. The highest BCUT2D eigenvalue weighted by atomic mass is 35.5. The van der Waals surface area contributed by atoms with Crippen LogP contribution in [0.2, 0.25) is 5.02 Å². The van der Waals surface area contributed by atoms with Crippen molar-refractivity contribution in [3.05, 3.63) is 95.8 Å². The lowest BCUT2D eigenvalue weighted by atomic mass is 10.1. The molecule has 0 saturated carbocycles. The van der Waals surface area contributed by atoms with Crippen molar-refractivity contribution in [2.75, 3.05) is 0 Å². The fraction of sp³-hybridized carbons (Fsp3) is 0.0476. The van der Waals surface area contributed by atoms with Gasteiger partial charge in [-0.1, -0.05) is 66.2 Å². The highest BCUT2D eigenvalue weighted by molar-refractivity contribution is 6.31. The van der Waals surface area contributed by atoms with Gasteiger partial charge in [0.25, 0.3) is 0 Å². The van der Waals surface area contributed by atoms with Gasteiger partial charge in [0.2, 0.25) is 0 Å². The van der Waals surface area contributed by atoms with Crippen molar-refractivity contribution < 1.29 is 0 Å². The van der Waals surface area contributed by atoms with E-state index >= 15 is 0 Å². The standard InChI is InChI=1S/C21H15ClN4/c22-18-10-4-3-9-17(18)21(25-19-11-5-1-7-15(19)13-23-25)26-20-12-6-2-8-16(20)14-24-26/h1-14,21H. The molecule has 0 N–H and O–H groups in total. The molecule has 4 nitrogen and oxygen atoms in total. The summed E-state index contributed by atoms with van der Waals surface area (Å²) >= 11 is 6.57. The van der Waals surface area contributed by atoms with Crippen molar-refractivity contribution in [2.45, 2.75) is 6.17 Å². The molecule has 0 aliphatic carbocycles. The normalized spacial score (nSPS) is 11.6. The van der Waals surface area contributed by atoms with E-state index in [4.69, 9.17) is 11.6 Å². The van der Waals surface area contributed by atoms with E-state index in [0.717, 1.165) is 27.4 Å². The minimum absolute atomic E-state index is 0.275. The lowest BCUT2D eigenvalue weighted by molar-refractivity contribution is 0.442. The SMILES string of the molecule is Clc1ccccc1C(n1ncc2ccccc21)n1ncc2ccccc21. The molecule has 126 valence electrons. The first-order valence-electron chi connectivity index (χ1n) is 8.42. The molecule has 0 aliphatic heterocycles. The molecule has 5 aromatic rings. The Kier molecular flexibility index (Phi) is 3.50. The maximum absolute atomic E-state index is 6.57. The van der Waals surface area contributed by atoms with E-state index in [1.54, 1.807) is 0 Å².